The van der Waals surface area contributed by atoms with E-state index in [9.17, 15) is 9.59 Å². The molecule has 2 amide bonds. The van der Waals surface area contributed by atoms with Crippen molar-refractivity contribution in [2.24, 2.45) is 5.41 Å². The second-order valence-electron chi connectivity index (χ2n) is 6.40. The first-order valence-electron chi connectivity index (χ1n) is 6.78. The summed E-state index contributed by atoms with van der Waals surface area (Å²) in [5, 5.41) is 2.78. The highest BCUT2D eigenvalue weighted by Crippen LogP contribution is 2.19. The fourth-order valence-electron chi connectivity index (χ4n) is 1.73. The molecule has 4 heteroatoms. The average molecular weight is 276 g/mol. The van der Waals surface area contributed by atoms with Crippen LogP contribution < -0.4 is 5.32 Å². The Hall–Kier alpha value is -1.84. The van der Waals surface area contributed by atoms with E-state index >= 15 is 0 Å². The molecular formula is C16H24N2O2. The Bertz CT molecular complexity index is 472. The minimum atomic E-state index is -0.182. The monoisotopic (exact) mass is 276 g/mol. The normalized spacial score (nSPS) is 11.1. The molecule has 0 fully saturated rings. The topological polar surface area (TPSA) is 49.4 Å². The zero-order valence-electron chi connectivity index (χ0n) is 13.0. The van der Waals surface area contributed by atoms with E-state index in [0.29, 0.717) is 6.42 Å². The molecule has 1 N–H and O–H groups in total. The molecule has 0 saturated carbocycles. The van der Waals surface area contributed by atoms with Gasteiger partial charge in [-0.15, -0.1) is 0 Å². The lowest BCUT2D eigenvalue weighted by atomic mass is 9.92. The molecule has 1 aromatic rings. The van der Waals surface area contributed by atoms with Crippen molar-refractivity contribution in [3.63, 3.8) is 0 Å². The third-order valence-electron chi connectivity index (χ3n) is 2.82. The first kappa shape index (κ1) is 16.2. The summed E-state index contributed by atoms with van der Waals surface area (Å²) in [6.45, 7) is 8.08. The summed E-state index contributed by atoms with van der Waals surface area (Å²) >= 11 is 0. The van der Waals surface area contributed by atoms with Gasteiger partial charge in [-0.25, -0.2) is 0 Å². The van der Waals surface area contributed by atoms with Crippen LogP contribution in [-0.4, -0.2) is 30.3 Å². The zero-order chi connectivity index (χ0) is 15.3. The number of likely N-dealkylation sites (N-methyl/N-ethyl adjacent to an activating group) is 1. The molecule has 0 bridgehead atoms. The maximum absolute atomic E-state index is 11.9. The molecule has 1 aromatic carbocycles. The molecule has 0 aliphatic heterocycles. The van der Waals surface area contributed by atoms with Crippen molar-refractivity contribution in [1.82, 2.24) is 4.90 Å². The molecular weight excluding hydrogens is 252 g/mol. The van der Waals surface area contributed by atoms with Crippen LogP contribution in [0.25, 0.3) is 0 Å². The van der Waals surface area contributed by atoms with E-state index in [-0.39, 0.29) is 23.8 Å². The number of anilines is 1. The van der Waals surface area contributed by atoms with Gasteiger partial charge in [-0.2, -0.15) is 0 Å². The quantitative estimate of drug-likeness (QED) is 0.919. The Morgan fingerprint density at radius 2 is 1.70 bits per heavy atom. The lowest BCUT2D eigenvalue weighted by molar-refractivity contribution is -0.134. The van der Waals surface area contributed by atoms with Crippen LogP contribution in [0, 0.1) is 12.3 Å². The van der Waals surface area contributed by atoms with Crippen molar-refractivity contribution < 1.29 is 9.59 Å². The largest absolute Gasteiger partial charge is 0.336 e. The van der Waals surface area contributed by atoms with Gasteiger partial charge in [0.2, 0.25) is 11.8 Å². The number of aryl methyl sites for hydroxylation is 1. The molecule has 0 atom stereocenters. The Labute approximate surface area is 121 Å². The van der Waals surface area contributed by atoms with Crippen LogP contribution in [0.3, 0.4) is 0 Å². The SMILES string of the molecule is Cc1ccc(NC(=O)CN(C)C(=O)CC(C)(C)C)cc1. The molecule has 0 radical (unpaired) electrons. The van der Waals surface area contributed by atoms with Gasteiger partial charge in [0, 0.05) is 19.2 Å². The first-order valence-corrected chi connectivity index (χ1v) is 6.78. The minimum Gasteiger partial charge on any atom is -0.336 e. The van der Waals surface area contributed by atoms with Crippen molar-refractivity contribution in [3.8, 4) is 0 Å². The van der Waals surface area contributed by atoms with Gasteiger partial charge in [0.05, 0.1) is 6.54 Å². The molecule has 20 heavy (non-hydrogen) atoms. The van der Waals surface area contributed by atoms with Crippen molar-refractivity contribution >= 4 is 17.5 Å². The minimum absolute atomic E-state index is 0.0171. The van der Waals surface area contributed by atoms with Gasteiger partial charge in [0.1, 0.15) is 0 Å². The first-order chi connectivity index (χ1) is 9.17. The van der Waals surface area contributed by atoms with E-state index in [1.54, 1.807) is 7.05 Å². The highest BCUT2D eigenvalue weighted by molar-refractivity contribution is 5.94. The van der Waals surface area contributed by atoms with Gasteiger partial charge in [0.15, 0.2) is 0 Å². The summed E-state index contributed by atoms with van der Waals surface area (Å²) in [7, 11) is 1.66. The van der Waals surface area contributed by atoms with E-state index in [4.69, 9.17) is 0 Å². The molecule has 0 spiro atoms. The van der Waals surface area contributed by atoms with Gasteiger partial charge >= 0.3 is 0 Å². The van der Waals surface area contributed by atoms with Crippen LogP contribution in [0.4, 0.5) is 5.69 Å². The number of hydrogen-bond acceptors (Lipinski definition) is 2. The Morgan fingerprint density at radius 3 is 2.20 bits per heavy atom. The van der Waals surface area contributed by atoms with Gasteiger partial charge < -0.3 is 10.2 Å². The second kappa shape index (κ2) is 6.55. The fraction of sp³-hybridized carbons (Fsp3) is 0.500. The van der Waals surface area contributed by atoms with E-state index in [1.807, 2.05) is 52.0 Å². The summed E-state index contributed by atoms with van der Waals surface area (Å²) in [5.41, 5.74) is 1.82. The maximum atomic E-state index is 11.9. The van der Waals surface area contributed by atoms with E-state index in [0.717, 1.165) is 11.3 Å². The molecule has 0 unspecified atom stereocenters. The summed E-state index contributed by atoms with van der Waals surface area (Å²) in [6, 6.07) is 7.57. The Morgan fingerprint density at radius 1 is 1.15 bits per heavy atom. The van der Waals surface area contributed by atoms with Gasteiger partial charge in [-0.05, 0) is 24.5 Å². The van der Waals surface area contributed by atoms with Gasteiger partial charge in [-0.1, -0.05) is 38.5 Å². The van der Waals surface area contributed by atoms with E-state index < -0.39 is 0 Å². The average Bonchev–Trinajstić information content (AvgIpc) is 2.29. The lowest BCUT2D eigenvalue weighted by Crippen LogP contribution is -2.36. The van der Waals surface area contributed by atoms with Crippen molar-refractivity contribution in [1.29, 1.82) is 0 Å². The molecule has 0 aromatic heterocycles. The highest BCUT2D eigenvalue weighted by Gasteiger charge is 2.20. The van der Waals surface area contributed by atoms with Crippen molar-refractivity contribution in [2.45, 2.75) is 34.1 Å². The molecule has 0 heterocycles. The molecule has 0 aliphatic carbocycles. The number of carbonyl (C=O) groups is 2. The Kier molecular flexibility index (Phi) is 5.31. The summed E-state index contributed by atoms with van der Waals surface area (Å²) in [6.07, 6.45) is 0.432. The number of amides is 2. The predicted molar refractivity (Wildman–Crippen MR) is 81.5 cm³/mol. The van der Waals surface area contributed by atoms with Crippen LogP contribution in [0.5, 0.6) is 0 Å². The van der Waals surface area contributed by atoms with Gasteiger partial charge in [0.25, 0.3) is 0 Å². The maximum Gasteiger partial charge on any atom is 0.243 e. The predicted octanol–water partition coefficient (Wildman–Crippen LogP) is 2.83. The number of nitrogens with zero attached hydrogens (tertiary/aromatic N) is 1. The van der Waals surface area contributed by atoms with Crippen LogP contribution in [0.15, 0.2) is 24.3 Å². The molecule has 0 aliphatic rings. The number of nitrogens with one attached hydrogen (secondary N) is 1. The standard InChI is InChI=1S/C16H24N2O2/c1-12-6-8-13(9-7-12)17-14(19)11-18(5)15(20)10-16(2,3)4/h6-9H,10-11H2,1-5H3,(H,17,19). The van der Waals surface area contributed by atoms with E-state index in [2.05, 4.69) is 5.32 Å². The number of hydrogen-bond donors (Lipinski definition) is 1. The third kappa shape index (κ3) is 5.87. The fourth-order valence-corrected chi connectivity index (χ4v) is 1.73. The molecule has 4 nitrogen and oxygen atoms in total. The summed E-state index contributed by atoms with van der Waals surface area (Å²) in [5.74, 6) is -0.199. The third-order valence-corrected chi connectivity index (χ3v) is 2.82. The summed E-state index contributed by atoms with van der Waals surface area (Å²) < 4.78 is 0. The smallest absolute Gasteiger partial charge is 0.243 e. The summed E-state index contributed by atoms with van der Waals surface area (Å²) in [4.78, 5) is 25.3. The number of benzene rings is 1. The number of carbonyl (C=O) groups excluding carboxylic acids is 2. The number of rotatable bonds is 4. The van der Waals surface area contributed by atoms with Crippen LogP contribution in [-0.2, 0) is 9.59 Å². The lowest BCUT2D eigenvalue weighted by Gasteiger charge is -2.22. The van der Waals surface area contributed by atoms with Crippen LogP contribution >= 0.6 is 0 Å². The molecule has 1 rings (SSSR count). The van der Waals surface area contributed by atoms with Crippen LogP contribution in [0.1, 0.15) is 32.8 Å². The zero-order valence-corrected chi connectivity index (χ0v) is 13.0. The second-order valence-corrected chi connectivity index (χ2v) is 6.40. The van der Waals surface area contributed by atoms with Crippen molar-refractivity contribution in [2.75, 3.05) is 18.9 Å². The van der Waals surface area contributed by atoms with E-state index in [1.165, 1.54) is 4.90 Å². The van der Waals surface area contributed by atoms with Gasteiger partial charge in [-0.3, -0.25) is 9.59 Å². The molecule has 0 saturated heterocycles. The Balaban J connectivity index is 2.49. The van der Waals surface area contributed by atoms with Crippen LogP contribution in [0.2, 0.25) is 0 Å². The van der Waals surface area contributed by atoms with Crippen molar-refractivity contribution in [3.05, 3.63) is 29.8 Å². The molecule has 110 valence electrons. The highest BCUT2D eigenvalue weighted by atomic mass is 16.2.